The lowest BCUT2D eigenvalue weighted by Gasteiger charge is -2.12. The first-order valence-electron chi connectivity index (χ1n) is 6.22. The zero-order chi connectivity index (χ0) is 14.5. The van der Waals surface area contributed by atoms with Crippen molar-refractivity contribution in [3.63, 3.8) is 0 Å². The smallest absolute Gasteiger partial charge is 0.337 e. The Morgan fingerprint density at radius 2 is 1.85 bits per heavy atom. The van der Waals surface area contributed by atoms with Crippen LogP contribution in [0.4, 0.5) is 4.39 Å². The fourth-order valence-corrected chi connectivity index (χ4v) is 2.10. The first-order valence-corrected chi connectivity index (χ1v) is 6.22. The van der Waals surface area contributed by atoms with E-state index in [1.54, 1.807) is 12.1 Å². The van der Waals surface area contributed by atoms with Gasteiger partial charge in [0.05, 0.1) is 12.7 Å². The van der Waals surface area contributed by atoms with E-state index in [1.165, 1.54) is 13.2 Å². The number of halogens is 1. The standard InChI is InChI=1S/C17H15FO2/c1-12(17(19)20-2)16-14(9-6-10-15(16)18)11-13-7-4-3-5-8-13/h3-10H,1,11H2,2H3. The fraction of sp³-hybridized carbons (Fsp3) is 0.118. The molecule has 3 heteroatoms. The predicted octanol–water partition coefficient (Wildman–Crippen LogP) is 3.60. The Kier molecular flexibility index (Phi) is 4.31. The van der Waals surface area contributed by atoms with Gasteiger partial charge in [-0.15, -0.1) is 0 Å². The van der Waals surface area contributed by atoms with Crippen LogP contribution in [0.3, 0.4) is 0 Å². The van der Waals surface area contributed by atoms with E-state index in [4.69, 9.17) is 0 Å². The molecule has 0 unspecified atom stereocenters. The van der Waals surface area contributed by atoms with E-state index in [9.17, 15) is 9.18 Å². The first-order chi connectivity index (χ1) is 9.63. The molecule has 2 aromatic rings. The van der Waals surface area contributed by atoms with Crippen LogP contribution in [0.5, 0.6) is 0 Å². The highest BCUT2D eigenvalue weighted by Crippen LogP contribution is 2.24. The van der Waals surface area contributed by atoms with E-state index in [0.717, 1.165) is 5.56 Å². The highest BCUT2D eigenvalue weighted by atomic mass is 19.1. The lowest BCUT2D eigenvalue weighted by Crippen LogP contribution is -2.07. The molecule has 0 amide bonds. The second kappa shape index (κ2) is 6.15. The van der Waals surface area contributed by atoms with Gasteiger partial charge in [0.25, 0.3) is 0 Å². The van der Waals surface area contributed by atoms with Crippen molar-refractivity contribution in [1.82, 2.24) is 0 Å². The Balaban J connectivity index is 2.41. The first kappa shape index (κ1) is 14.0. The molecule has 0 aromatic heterocycles. The number of carbonyl (C=O) groups is 1. The third kappa shape index (κ3) is 2.94. The lowest BCUT2D eigenvalue weighted by molar-refractivity contribution is -0.133. The highest BCUT2D eigenvalue weighted by molar-refractivity contribution is 6.16. The summed E-state index contributed by atoms with van der Waals surface area (Å²) in [6.07, 6.45) is 0.532. The number of benzene rings is 2. The van der Waals surface area contributed by atoms with Crippen LogP contribution >= 0.6 is 0 Å². The largest absolute Gasteiger partial charge is 0.465 e. The van der Waals surface area contributed by atoms with Gasteiger partial charge in [-0.25, -0.2) is 9.18 Å². The van der Waals surface area contributed by atoms with Crippen molar-refractivity contribution in [2.75, 3.05) is 7.11 Å². The Bertz CT molecular complexity index is 633. The molecule has 2 aromatic carbocycles. The second-order valence-electron chi connectivity index (χ2n) is 4.41. The maximum absolute atomic E-state index is 14.0. The molecule has 0 spiro atoms. The number of rotatable bonds is 4. The van der Waals surface area contributed by atoms with E-state index in [2.05, 4.69) is 11.3 Å². The number of esters is 1. The molecule has 102 valence electrons. The van der Waals surface area contributed by atoms with Crippen LogP contribution in [0, 0.1) is 5.82 Å². The number of methoxy groups -OCH3 is 1. The molecule has 0 aliphatic heterocycles. The molecule has 0 heterocycles. The van der Waals surface area contributed by atoms with Gasteiger partial charge < -0.3 is 4.74 Å². The van der Waals surface area contributed by atoms with Gasteiger partial charge in [-0.1, -0.05) is 49.0 Å². The lowest BCUT2D eigenvalue weighted by atomic mass is 9.95. The third-order valence-electron chi connectivity index (χ3n) is 3.07. The van der Waals surface area contributed by atoms with E-state index in [-0.39, 0.29) is 11.1 Å². The molecule has 0 fully saturated rings. The normalized spacial score (nSPS) is 10.1. The monoisotopic (exact) mass is 270 g/mol. The summed E-state index contributed by atoms with van der Waals surface area (Å²) < 4.78 is 18.7. The topological polar surface area (TPSA) is 26.3 Å². The van der Waals surface area contributed by atoms with E-state index in [0.29, 0.717) is 12.0 Å². The summed E-state index contributed by atoms with van der Waals surface area (Å²) in [5.74, 6) is -1.08. The molecule has 2 nitrogen and oxygen atoms in total. The molecular weight excluding hydrogens is 255 g/mol. The quantitative estimate of drug-likeness (QED) is 0.626. The molecular formula is C17H15FO2. The van der Waals surface area contributed by atoms with Crippen LogP contribution in [0.25, 0.3) is 5.57 Å². The summed E-state index contributed by atoms with van der Waals surface area (Å²) in [5, 5.41) is 0. The van der Waals surface area contributed by atoms with E-state index < -0.39 is 11.8 Å². The summed E-state index contributed by atoms with van der Waals surface area (Å²) in [4.78, 5) is 11.6. The van der Waals surface area contributed by atoms with Gasteiger partial charge in [-0.2, -0.15) is 0 Å². The molecule has 0 bridgehead atoms. The molecule has 20 heavy (non-hydrogen) atoms. The number of hydrogen-bond acceptors (Lipinski definition) is 2. The third-order valence-corrected chi connectivity index (χ3v) is 3.07. The van der Waals surface area contributed by atoms with Crippen molar-refractivity contribution in [2.24, 2.45) is 0 Å². The Morgan fingerprint density at radius 3 is 2.50 bits per heavy atom. The van der Waals surface area contributed by atoms with E-state index in [1.807, 2.05) is 30.3 Å². The Hall–Kier alpha value is -2.42. The van der Waals surface area contributed by atoms with Crippen molar-refractivity contribution in [2.45, 2.75) is 6.42 Å². The molecule has 0 aliphatic carbocycles. The van der Waals surface area contributed by atoms with Crippen LogP contribution in [-0.4, -0.2) is 13.1 Å². The zero-order valence-electron chi connectivity index (χ0n) is 11.2. The van der Waals surface area contributed by atoms with Gasteiger partial charge in [0.15, 0.2) is 0 Å². The van der Waals surface area contributed by atoms with Crippen molar-refractivity contribution >= 4 is 11.5 Å². The fourth-order valence-electron chi connectivity index (χ4n) is 2.10. The maximum atomic E-state index is 14.0. The van der Waals surface area contributed by atoms with Crippen molar-refractivity contribution in [3.8, 4) is 0 Å². The van der Waals surface area contributed by atoms with Crippen LogP contribution < -0.4 is 0 Å². The minimum absolute atomic E-state index is 0.0385. The number of hydrogen-bond donors (Lipinski definition) is 0. The summed E-state index contributed by atoms with van der Waals surface area (Å²) in [7, 11) is 1.26. The minimum atomic E-state index is -0.621. The van der Waals surface area contributed by atoms with Gasteiger partial charge >= 0.3 is 5.97 Å². The molecule has 2 rings (SSSR count). The average molecular weight is 270 g/mol. The Labute approximate surface area is 117 Å². The molecule has 0 saturated heterocycles. The minimum Gasteiger partial charge on any atom is -0.465 e. The number of ether oxygens (including phenoxy) is 1. The van der Waals surface area contributed by atoms with Crippen LogP contribution in [-0.2, 0) is 16.0 Å². The zero-order valence-corrected chi connectivity index (χ0v) is 11.2. The molecule has 0 saturated carbocycles. The second-order valence-corrected chi connectivity index (χ2v) is 4.41. The van der Waals surface area contributed by atoms with E-state index >= 15 is 0 Å². The number of carbonyl (C=O) groups excluding carboxylic acids is 1. The molecule has 0 aliphatic rings. The summed E-state index contributed by atoms with van der Waals surface area (Å²) in [6.45, 7) is 3.64. The van der Waals surface area contributed by atoms with Crippen molar-refractivity contribution in [3.05, 3.63) is 77.6 Å². The van der Waals surface area contributed by atoms with Gasteiger partial charge in [0, 0.05) is 5.56 Å². The molecule has 0 atom stereocenters. The molecule has 0 N–H and O–H groups in total. The van der Waals surface area contributed by atoms with Crippen molar-refractivity contribution in [1.29, 1.82) is 0 Å². The van der Waals surface area contributed by atoms with Gasteiger partial charge in [0.1, 0.15) is 5.82 Å². The maximum Gasteiger partial charge on any atom is 0.337 e. The van der Waals surface area contributed by atoms with Crippen LogP contribution in [0.15, 0.2) is 55.1 Å². The summed E-state index contributed by atoms with van der Waals surface area (Å²) in [6, 6.07) is 14.4. The van der Waals surface area contributed by atoms with Crippen molar-refractivity contribution < 1.29 is 13.9 Å². The highest BCUT2D eigenvalue weighted by Gasteiger charge is 2.18. The Morgan fingerprint density at radius 1 is 1.15 bits per heavy atom. The average Bonchev–Trinajstić information content (AvgIpc) is 2.47. The summed E-state index contributed by atoms with van der Waals surface area (Å²) >= 11 is 0. The van der Waals surface area contributed by atoms with Crippen LogP contribution in [0.1, 0.15) is 16.7 Å². The van der Waals surface area contributed by atoms with Gasteiger partial charge in [-0.05, 0) is 23.6 Å². The van der Waals surface area contributed by atoms with Gasteiger partial charge in [0.2, 0.25) is 0 Å². The van der Waals surface area contributed by atoms with Crippen LogP contribution in [0.2, 0.25) is 0 Å². The SMILES string of the molecule is C=C(C(=O)OC)c1c(F)cccc1Cc1ccccc1. The predicted molar refractivity (Wildman–Crippen MR) is 76.7 cm³/mol. The summed E-state index contributed by atoms with van der Waals surface area (Å²) in [5.41, 5.74) is 2.02. The molecule has 0 radical (unpaired) electrons. The van der Waals surface area contributed by atoms with Gasteiger partial charge in [-0.3, -0.25) is 0 Å².